The number of non-ortho nitro benzene ring substituents is 2. The van der Waals surface area contributed by atoms with Crippen LogP contribution in [0, 0.1) is 20.2 Å². The number of hydrogen-bond donors (Lipinski definition) is 2. The molecule has 0 unspecified atom stereocenters. The first-order valence-electron chi connectivity index (χ1n) is 10.7. The molecule has 0 spiro atoms. The summed E-state index contributed by atoms with van der Waals surface area (Å²) in [5.41, 5.74) is -0.734. The van der Waals surface area contributed by atoms with Crippen molar-refractivity contribution in [1.29, 1.82) is 0 Å². The molecule has 0 saturated heterocycles. The van der Waals surface area contributed by atoms with E-state index in [4.69, 9.17) is 9.47 Å². The van der Waals surface area contributed by atoms with Gasteiger partial charge < -0.3 is 19.7 Å². The normalized spacial score (nSPS) is 11.3. The van der Waals surface area contributed by atoms with Crippen molar-refractivity contribution in [2.45, 2.75) is 0 Å². The number of nitro benzene ring substituents is 2. The van der Waals surface area contributed by atoms with Crippen molar-refractivity contribution in [3.63, 3.8) is 0 Å². The van der Waals surface area contributed by atoms with Crippen LogP contribution in [0.25, 0.3) is 10.8 Å². The van der Waals surface area contributed by atoms with Gasteiger partial charge in [0.2, 0.25) is 0 Å². The molecular formula is C24H18N6O8. The SMILES string of the molecule is COc1ccc([N+](=O)[O-])cc1N=Nc1c(O)c(O)c(N=Nc2cc([N+](=O)[O-])ccc2OC)c2ccccc12. The Labute approximate surface area is 213 Å². The minimum Gasteiger partial charge on any atom is -0.503 e. The lowest BCUT2D eigenvalue weighted by Crippen LogP contribution is -1.89. The third kappa shape index (κ3) is 4.86. The van der Waals surface area contributed by atoms with Gasteiger partial charge in [0.05, 0.1) is 24.1 Å². The van der Waals surface area contributed by atoms with Crippen LogP contribution in [0.1, 0.15) is 0 Å². The van der Waals surface area contributed by atoms with Crippen LogP contribution < -0.4 is 9.47 Å². The molecule has 0 aliphatic heterocycles. The second-order valence-electron chi connectivity index (χ2n) is 7.57. The van der Waals surface area contributed by atoms with Crippen molar-refractivity contribution in [3.05, 3.63) is 80.9 Å². The molecule has 0 aliphatic rings. The van der Waals surface area contributed by atoms with Crippen LogP contribution in [0.2, 0.25) is 0 Å². The zero-order valence-corrected chi connectivity index (χ0v) is 19.8. The monoisotopic (exact) mass is 518 g/mol. The van der Waals surface area contributed by atoms with Gasteiger partial charge in [0, 0.05) is 35.0 Å². The number of benzene rings is 4. The number of methoxy groups -OCH3 is 2. The predicted molar refractivity (Wildman–Crippen MR) is 135 cm³/mol. The van der Waals surface area contributed by atoms with Crippen molar-refractivity contribution >= 4 is 44.9 Å². The number of aromatic hydroxyl groups is 2. The van der Waals surface area contributed by atoms with Crippen LogP contribution in [-0.4, -0.2) is 34.3 Å². The fraction of sp³-hybridized carbons (Fsp3) is 0.0833. The summed E-state index contributed by atoms with van der Waals surface area (Å²) in [4.78, 5) is 21.1. The molecular weight excluding hydrogens is 500 g/mol. The smallest absolute Gasteiger partial charge is 0.271 e. The molecule has 0 radical (unpaired) electrons. The fourth-order valence-corrected chi connectivity index (χ4v) is 3.53. The van der Waals surface area contributed by atoms with Gasteiger partial charge in [-0.05, 0) is 12.1 Å². The highest BCUT2D eigenvalue weighted by Crippen LogP contribution is 2.51. The average Bonchev–Trinajstić information content (AvgIpc) is 2.92. The summed E-state index contributed by atoms with van der Waals surface area (Å²) in [5, 5.41) is 60.6. The Morgan fingerprint density at radius 1 is 0.658 bits per heavy atom. The molecule has 192 valence electrons. The predicted octanol–water partition coefficient (Wildman–Crippen LogP) is 6.92. The number of nitrogens with zero attached hydrogens (tertiary/aromatic N) is 6. The van der Waals surface area contributed by atoms with E-state index in [1.165, 1.54) is 38.5 Å². The highest BCUT2D eigenvalue weighted by Gasteiger charge is 2.20. The average molecular weight is 518 g/mol. The number of phenols is 2. The quantitative estimate of drug-likeness (QED) is 0.108. The van der Waals surface area contributed by atoms with Crippen molar-refractivity contribution in [2.24, 2.45) is 20.5 Å². The Hall–Kier alpha value is -5.66. The highest BCUT2D eigenvalue weighted by molar-refractivity contribution is 6.05. The van der Waals surface area contributed by atoms with Gasteiger partial charge in [0.1, 0.15) is 34.2 Å². The summed E-state index contributed by atoms with van der Waals surface area (Å²) in [6.07, 6.45) is 0. The number of hydrogen-bond acceptors (Lipinski definition) is 12. The van der Waals surface area contributed by atoms with E-state index < -0.39 is 21.3 Å². The molecule has 14 nitrogen and oxygen atoms in total. The molecule has 4 aromatic rings. The maximum Gasteiger partial charge on any atom is 0.271 e. The van der Waals surface area contributed by atoms with E-state index >= 15 is 0 Å². The molecule has 38 heavy (non-hydrogen) atoms. The topological polar surface area (TPSA) is 195 Å². The fourth-order valence-electron chi connectivity index (χ4n) is 3.53. The third-order valence-electron chi connectivity index (χ3n) is 5.37. The van der Waals surface area contributed by atoms with Crippen LogP contribution >= 0.6 is 0 Å². The van der Waals surface area contributed by atoms with Gasteiger partial charge in [0.25, 0.3) is 11.4 Å². The van der Waals surface area contributed by atoms with E-state index in [1.807, 2.05) is 0 Å². The summed E-state index contributed by atoms with van der Waals surface area (Å²) in [7, 11) is 2.71. The second-order valence-corrected chi connectivity index (χ2v) is 7.57. The van der Waals surface area contributed by atoms with Crippen LogP contribution in [-0.2, 0) is 0 Å². The maximum absolute atomic E-state index is 11.2. The van der Waals surface area contributed by atoms with Gasteiger partial charge >= 0.3 is 0 Å². The molecule has 14 heteroatoms. The van der Waals surface area contributed by atoms with Crippen LogP contribution in [0.4, 0.5) is 34.1 Å². The number of ether oxygens (including phenoxy) is 2. The summed E-state index contributed by atoms with van der Waals surface area (Å²) in [5.74, 6) is -0.971. The van der Waals surface area contributed by atoms with E-state index in [-0.39, 0.29) is 45.6 Å². The lowest BCUT2D eigenvalue weighted by Gasteiger charge is -2.10. The Bertz CT molecular complexity index is 1520. The van der Waals surface area contributed by atoms with E-state index in [2.05, 4.69) is 20.5 Å². The summed E-state index contributed by atoms with van der Waals surface area (Å²) >= 11 is 0. The zero-order chi connectivity index (χ0) is 27.4. The molecule has 0 bridgehead atoms. The minimum atomic E-state index is -0.684. The molecule has 0 aliphatic carbocycles. The largest absolute Gasteiger partial charge is 0.503 e. The molecule has 0 atom stereocenters. The number of fused-ring (bicyclic) bond motifs is 1. The van der Waals surface area contributed by atoms with Gasteiger partial charge in [-0.3, -0.25) is 20.2 Å². The van der Waals surface area contributed by atoms with Crippen LogP contribution in [0.15, 0.2) is 81.1 Å². The Kier molecular flexibility index (Phi) is 7.05. The molecule has 0 saturated carbocycles. The van der Waals surface area contributed by atoms with Gasteiger partial charge in [-0.25, -0.2) is 0 Å². The van der Waals surface area contributed by atoms with E-state index in [0.29, 0.717) is 10.8 Å². The summed E-state index contributed by atoms with van der Waals surface area (Å²) in [6.45, 7) is 0. The van der Waals surface area contributed by atoms with Gasteiger partial charge in [-0.1, -0.05) is 24.3 Å². The first-order valence-corrected chi connectivity index (χ1v) is 10.7. The van der Waals surface area contributed by atoms with E-state index in [9.17, 15) is 30.4 Å². The Morgan fingerprint density at radius 2 is 1.05 bits per heavy atom. The second kappa shape index (κ2) is 10.5. The van der Waals surface area contributed by atoms with E-state index in [0.717, 1.165) is 12.1 Å². The van der Waals surface area contributed by atoms with Gasteiger partial charge in [0.15, 0.2) is 11.5 Å². The number of nitro groups is 2. The number of phenolic OH excluding ortho intramolecular Hbond substituents is 2. The molecule has 4 rings (SSSR count). The van der Waals surface area contributed by atoms with Crippen LogP contribution in [0.3, 0.4) is 0 Å². The molecule has 0 aromatic heterocycles. The molecule has 0 heterocycles. The third-order valence-corrected chi connectivity index (χ3v) is 5.37. The van der Waals surface area contributed by atoms with Crippen molar-refractivity contribution in [1.82, 2.24) is 0 Å². The maximum atomic E-state index is 11.2. The first kappa shape index (κ1) is 25.4. The van der Waals surface area contributed by atoms with E-state index in [1.54, 1.807) is 24.3 Å². The minimum absolute atomic E-state index is 0.0196. The molecule has 0 amide bonds. The first-order chi connectivity index (χ1) is 18.2. The van der Waals surface area contributed by atoms with Crippen molar-refractivity contribution in [2.75, 3.05) is 14.2 Å². The molecule has 0 fully saturated rings. The standard InChI is InChI=1S/C24H18N6O8/c1-37-19-9-7-13(29(33)34)11-17(19)25-27-21-15-5-3-4-6-16(15)22(24(32)23(21)31)28-26-18-12-14(30(35)36)8-10-20(18)38-2/h3-12,31-32H,1-2H3. The van der Waals surface area contributed by atoms with Gasteiger partial charge in [-0.2, -0.15) is 0 Å². The zero-order valence-electron chi connectivity index (χ0n) is 19.8. The van der Waals surface area contributed by atoms with Crippen LogP contribution in [0.5, 0.6) is 23.0 Å². The number of rotatable bonds is 8. The van der Waals surface area contributed by atoms with Crippen molar-refractivity contribution < 1.29 is 29.5 Å². The lowest BCUT2D eigenvalue weighted by atomic mass is 10.1. The number of azo groups is 2. The lowest BCUT2D eigenvalue weighted by molar-refractivity contribution is -0.385. The summed E-state index contributed by atoms with van der Waals surface area (Å²) in [6, 6.07) is 14.0. The Morgan fingerprint density at radius 3 is 1.39 bits per heavy atom. The Balaban J connectivity index is 1.84. The van der Waals surface area contributed by atoms with Gasteiger partial charge in [-0.15, -0.1) is 20.5 Å². The van der Waals surface area contributed by atoms with Crippen molar-refractivity contribution in [3.8, 4) is 23.0 Å². The molecule has 4 aromatic carbocycles. The molecule has 2 N–H and O–H groups in total. The highest BCUT2D eigenvalue weighted by atomic mass is 16.6. The summed E-state index contributed by atoms with van der Waals surface area (Å²) < 4.78 is 10.4.